The molecule has 36 heavy (non-hydrogen) atoms. The van der Waals surface area contributed by atoms with Gasteiger partial charge in [-0.25, -0.2) is 4.52 Å². The van der Waals surface area contributed by atoms with Gasteiger partial charge in [-0.1, -0.05) is 0 Å². The third kappa shape index (κ3) is 5.30. The molecule has 1 aromatic carbocycles. The largest absolute Gasteiger partial charge is 0.494 e. The van der Waals surface area contributed by atoms with E-state index in [4.69, 9.17) is 9.57 Å². The molecule has 1 unspecified atom stereocenters. The lowest BCUT2D eigenvalue weighted by atomic mass is 10.1. The number of ether oxygens (including phenoxy) is 1. The van der Waals surface area contributed by atoms with Crippen molar-refractivity contribution in [2.75, 3.05) is 30.1 Å². The van der Waals surface area contributed by atoms with Crippen molar-refractivity contribution < 1.29 is 14.4 Å². The topological polar surface area (TPSA) is 104 Å². The quantitative estimate of drug-likeness (QED) is 0.450. The summed E-state index contributed by atoms with van der Waals surface area (Å²) >= 11 is 0. The van der Waals surface area contributed by atoms with E-state index < -0.39 is 5.60 Å². The summed E-state index contributed by atoms with van der Waals surface area (Å²) in [6.07, 6.45) is 3.83. The molecule has 2 N–H and O–H groups in total. The van der Waals surface area contributed by atoms with Gasteiger partial charge in [-0.2, -0.15) is 15.4 Å². The summed E-state index contributed by atoms with van der Waals surface area (Å²) in [7, 11) is 0. The molecule has 0 spiro atoms. The minimum atomic E-state index is -0.678. The van der Waals surface area contributed by atoms with E-state index in [0.29, 0.717) is 58.7 Å². The number of carbonyl (C=O) groups is 1. The number of nitriles is 1. The van der Waals surface area contributed by atoms with Gasteiger partial charge < -0.3 is 15.4 Å². The summed E-state index contributed by atoms with van der Waals surface area (Å²) < 4.78 is 7.13. The summed E-state index contributed by atoms with van der Waals surface area (Å²) in [6, 6.07) is 11.4. The number of amides is 1. The third-order valence-corrected chi connectivity index (χ3v) is 6.01. The van der Waals surface area contributed by atoms with Crippen molar-refractivity contribution in [3.8, 4) is 11.8 Å². The van der Waals surface area contributed by atoms with Crippen LogP contribution in [0.2, 0.25) is 0 Å². The fraction of sp³-hybridized carbons (Fsp3) is 0.444. The SMILES string of the molecule is CCOc1ccc(C(=O)N(OC(C)(C)C)c2c(C)c(NCC3CCCN3)c(C#N)c3ccnn23)cc1. The van der Waals surface area contributed by atoms with Gasteiger partial charge in [0.05, 0.1) is 29.6 Å². The molecule has 3 aromatic rings. The molecule has 9 nitrogen and oxygen atoms in total. The fourth-order valence-corrected chi connectivity index (χ4v) is 4.41. The number of hydrogen-bond acceptors (Lipinski definition) is 7. The lowest BCUT2D eigenvalue weighted by molar-refractivity contribution is -0.0172. The van der Waals surface area contributed by atoms with Crippen molar-refractivity contribution in [3.63, 3.8) is 0 Å². The fourth-order valence-electron chi connectivity index (χ4n) is 4.41. The molecule has 0 aliphatic carbocycles. The Balaban J connectivity index is 1.83. The number of hydroxylamine groups is 1. The van der Waals surface area contributed by atoms with Crippen LogP contribution >= 0.6 is 0 Å². The summed E-state index contributed by atoms with van der Waals surface area (Å²) in [5.74, 6) is 0.791. The highest BCUT2D eigenvalue weighted by atomic mass is 16.7. The first-order valence-electron chi connectivity index (χ1n) is 12.4. The summed E-state index contributed by atoms with van der Waals surface area (Å²) in [5.41, 5.74) is 2.22. The zero-order valence-electron chi connectivity index (χ0n) is 21.6. The highest BCUT2D eigenvalue weighted by Crippen LogP contribution is 2.35. The Bertz CT molecular complexity index is 1260. The Morgan fingerprint density at radius 3 is 2.67 bits per heavy atom. The van der Waals surface area contributed by atoms with Crippen molar-refractivity contribution in [2.45, 2.75) is 59.1 Å². The highest BCUT2D eigenvalue weighted by molar-refractivity contribution is 6.05. The zero-order valence-corrected chi connectivity index (χ0v) is 21.6. The summed E-state index contributed by atoms with van der Waals surface area (Å²) in [6.45, 7) is 11.7. The molecule has 3 heterocycles. The Kier molecular flexibility index (Phi) is 7.48. The minimum absolute atomic E-state index is 0.327. The number of benzene rings is 1. The molecule has 4 rings (SSSR count). The molecule has 9 heteroatoms. The van der Waals surface area contributed by atoms with Gasteiger partial charge in [-0.05, 0) is 84.3 Å². The van der Waals surface area contributed by atoms with Gasteiger partial charge in [0.15, 0.2) is 5.82 Å². The molecular weight excluding hydrogens is 456 g/mol. The Morgan fingerprint density at radius 2 is 2.06 bits per heavy atom. The van der Waals surface area contributed by atoms with Crippen LogP contribution in [0, 0.1) is 18.3 Å². The van der Waals surface area contributed by atoms with Crippen LogP contribution in [0.25, 0.3) is 5.52 Å². The van der Waals surface area contributed by atoms with Crippen LogP contribution in [0.1, 0.15) is 62.0 Å². The third-order valence-electron chi connectivity index (χ3n) is 6.01. The van der Waals surface area contributed by atoms with Crippen LogP contribution in [0.4, 0.5) is 11.5 Å². The monoisotopic (exact) mass is 490 g/mol. The van der Waals surface area contributed by atoms with Crippen molar-refractivity contribution in [3.05, 3.63) is 53.2 Å². The number of nitrogens with one attached hydrogen (secondary N) is 2. The number of hydrogen-bond donors (Lipinski definition) is 2. The molecule has 1 fully saturated rings. The van der Waals surface area contributed by atoms with E-state index in [2.05, 4.69) is 21.8 Å². The summed E-state index contributed by atoms with van der Waals surface area (Å²) in [5, 5.41) is 22.8. The molecule has 1 atom stereocenters. The summed E-state index contributed by atoms with van der Waals surface area (Å²) in [4.78, 5) is 20.1. The number of nitrogens with zero attached hydrogens (tertiary/aromatic N) is 4. The van der Waals surface area contributed by atoms with Crippen LogP contribution in [-0.2, 0) is 4.84 Å². The second kappa shape index (κ2) is 10.6. The van der Waals surface area contributed by atoms with Crippen LogP contribution in [0.5, 0.6) is 5.75 Å². The number of anilines is 2. The van der Waals surface area contributed by atoms with Crippen molar-refractivity contribution in [1.82, 2.24) is 14.9 Å². The molecule has 1 aliphatic heterocycles. The molecule has 0 bridgehead atoms. The molecule has 0 radical (unpaired) electrons. The van der Waals surface area contributed by atoms with Crippen LogP contribution < -0.4 is 20.4 Å². The van der Waals surface area contributed by atoms with Crippen LogP contribution in [-0.4, -0.2) is 46.9 Å². The van der Waals surface area contributed by atoms with Gasteiger partial charge >= 0.3 is 0 Å². The smallest absolute Gasteiger partial charge is 0.283 e. The minimum Gasteiger partial charge on any atom is -0.494 e. The molecular formula is C27H34N6O3. The maximum absolute atomic E-state index is 13.9. The first kappa shape index (κ1) is 25.5. The Hall–Kier alpha value is -3.61. The standard InChI is InChI=1S/C27H34N6O3/c1-6-35-21-11-9-19(10-12-21)26(34)33(36-27(3,4)5)25-18(2)24(30-17-20-8-7-14-29-20)22(16-28)23-13-15-31-32(23)25/h9-13,15,20,29-30H,6-8,14,17H2,1-5H3. The van der Waals surface area contributed by atoms with Gasteiger partial charge in [-0.15, -0.1) is 0 Å². The maximum Gasteiger partial charge on any atom is 0.283 e. The zero-order chi connectivity index (χ0) is 25.9. The van der Waals surface area contributed by atoms with E-state index >= 15 is 0 Å². The molecule has 2 aromatic heterocycles. The van der Waals surface area contributed by atoms with Gasteiger partial charge in [0, 0.05) is 23.7 Å². The van der Waals surface area contributed by atoms with Gasteiger partial charge in [0.1, 0.15) is 17.4 Å². The van der Waals surface area contributed by atoms with Crippen molar-refractivity contribution in [1.29, 1.82) is 5.26 Å². The van der Waals surface area contributed by atoms with E-state index in [1.54, 1.807) is 41.0 Å². The normalized spacial score (nSPS) is 15.6. The van der Waals surface area contributed by atoms with E-state index in [1.165, 1.54) is 5.06 Å². The first-order valence-corrected chi connectivity index (χ1v) is 12.4. The second-order valence-corrected chi connectivity index (χ2v) is 9.87. The highest BCUT2D eigenvalue weighted by Gasteiger charge is 2.31. The first-order chi connectivity index (χ1) is 17.2. The van der Waals surface area contributed by atoms with Crippen molar-refractivity contribution >= 4 is 22.9 Å². The molecule has 1 saturated heterocycles. The van der Waals surface area contributed by atoms with E-state index in [1.807, 2.05) is 34.6 Å². The Labute approximate surface area is 211 Å². The van der Waals surface area contributed by atoms with Gasteiger partial charge in [0.25, 0.3) is 5.91 Å². The van der Waals surface area contributed by atoms with Gasteiger partial charge in [-0.3, -0.25) is 9.63 Å². The number of fused-ring (bicyclic) bond motifs is 1. The predicted octanol–water partition coefficient (Wildman–Crippen LogP) is 4.45. The average Bonchev–Trinajstić information content (AvgIpc) is 3.53. The van der Waals surface area contributed by atoms with Crippen LogP contribution in [0.3, 0.4) is 0 Å². The van der Waals surface area contributed by atoms with Crippen LogP contribution in [0.15, 0.2) is 36.5 Å². The number of aromatic nitrogens is 2. The second-order valence-electron chi connectivity index (χ2n) is 9.87. The lowest BCUT2D eigenvalue weighted by Crippen LogP contribution is -2.40. The van der Waals surface area contributed by atoms with E-state index in [-0.39, 0.29) is 5.91 Å². The lowest BCUT2D eigenvalue weighted by Gasteiger charge is -2.31. The van der Waals surface area contributed by atoms with E-state index in [9.17, 15) is 10.1 Å². The Morgan fingerprint density at radius 1 is 1.31 bits per heavy atom. The molecule has 1 aliphatic rings. The number of pyridine rings is 1. The number of carbonyl (C=O) groups excluding carboxylic acids is 1. The van der Waals surface area contributed by atoms with Gasteiger partial charge in [0.2, 0.25) is 0 Å². The molecule has 1 amide bonds. The molecule has 0 saturated carbocycles. The predicted molar refractivity (Wildman–Crippen MR) is 139 cm³/mol. The average molecular weight is 491 g/mol. The molecule has 190 valence electrons. The number of rotatable bonds is 8. The maximum atomic E-state index is 13.9. The van der Waals surface area contributed by atoms with E-state index in [0.717, 1.165) is 19.4 Å². The van der Waals surface area contributed by atoms with Crippen molar-refractivity contribution in [2.24, 2.45) is 0 Å².